The second-order valence-corrected chi connectivity index (χ2v) is 12.0. The molecule has 0 heterocycles. The van der Waals surface area contributed by atoms with Crippen LogP contribution in [-0.4, -0.2) is 44.3 Å². The molecule has 0 saturated heterocycles. The molecule has 1 N–H and O–H groups in total. The maximum atomic E-state index is 14.1. The molecule has 0 spiro atoms. The van der Waals surface area contributed by atoms with Crippen LogP contribution in [0.4, 0.5) is 5.69 Å². The summed E-state index contributed by atoms with van der Waals surface area (Å²) >= 11 is 0. The van der Waals surface area contributed by atoms with E-state index in [2.05, 4.69) is 5.32 Å². The molecule has 214 valence electrons. The molecule has 0 aliphatic rings. The minimum absolute atomic E-state index is 0.101. The predicted octanol–water partition coefficient (Wildman–Crippen LogP) is 5.53. The first-order chi connectivity index (χ1) is 19.1. The van der Waals surface area contributed by atoms with Crippen molar-refractivity contribution >= 4 is 27.5 Å². The van der Waals surface area contributed by atoms with Crippen LogP contribution in [0.1, 0.15) is 55.4 Å². The fourth-order valence-corrected chi connectivity index (χ4v) is 5.99. The molecule has 7 nitrogen and oxygen atoms in total. The van der Waals surface area contributed by atoms with Gasteiger partial charge in [-0.05, 0) is 62.9 Å². The minimum Gasteiger partial charge on any atom is -0.354 e. The van der Waals surface area contributed by atoms with Crippen LogP contribution in [0.25, 0.3) is 0 Å². The van der Waals surface area contributed by atoms with Crippen LogP contribution in [0.15, 0.2) is 77.7 Å². The van der Waals surface area contributed by atoms with E-state index in [0.29, 0.717) is 18.7 Å². The summed E-state index contributed by atoms with van der Waals surface area (Å²) in [7, 11) is -4.09. The number of carbonyl (C=O) groups excluding carboxylic acids is 2. The Morgan fingerprint density at radius 1 is 0.850 bits per heavy atom. The van der Waals surface area contributed by atoms with Crippen molar-refractivity contribution in [3.63, 3.8) is 0 Å². The third-order valence-corrected chi connectivity index (χ3v) is 8.73. The van der Waals surface area contributed by atoms with Gasteiger partial charge in [0, 0.05) is 13.1 Å². The van der Waals surface area contributed by atoms with Gasteiger partial charge in [0.25, 0.3) is 10.0 Å². The van der Waals surface area contributed by atoms with E-state index < -0.39 is 28.5 Å². The SMILES string of the molecule is CCCCNC(=O)[C@@H](CC)N(Cc1ccc(C)cc1)C(=O)CN(c1ccccc1C)S(=O)(=O)c1ccc(C)cc1. The topological polar surface area (TPSA) is 86.8 Å². The van der Waals surface area contributed by atoms with Crippen molar-refractivity contribution in [2.45, 2.75) is 71.4 Å². The highest BCUT2D eigenvalue weighted by Crippen LogP contribution is 2.27. The number of carbonyl (C=O) groups is 2. The Balaban J connectivity index is 2.04. The maximum Gasteiger partial charge on any atom is 0.264 e. The Labute approximate surface area is 239 Å². The number of hydrogen-bond donors (Lipinski definition) is 1. The molecule has 0 aromatic heterocycles. The lowest BCUT2D eigenvalue weighted by atomic mass is 10.1. The summed E-state index contributed by atoms with van der Waals surface area (Å²) in [4.78, 5) is 29.0. The average molecular weight is 564 g/mol. The fraction of sp³-hybridized carbons (Fsp3) is 0.375. The van der Waals surface area contributed by atoms with E-state index in [4.69, 9.17) is 0 Å². The summed E-state index contributed by atoms with van der Waals surface area (Å²) in [5.41, 5.74) is 4.03. The third-order valence-electron chi connectivity index (χ3n) is 6.96. The molecule has 8 heteroatoms. The Kier molecular flexibility index (Phi) is 10.9. The summed E-state index contributed by atoms with van der Waals surface area (Å²) in [5, 5.41) is 2.96. The Bertz CT molecular complexity index is 1390. The smallest absolute Gasteiger partial charge is 0.264 e. The van der Waals surface area contributed by atoms with Gasteiger partial charge >= 0.3 is 0 Å². The average Bonchev–Trinajstić information content (AvgIpc) is 2.93. The van der Waals surface area contributed by atoms with Crippen LogP contribution in [-0.2, 0) is 26.2 Å². The zero-order chi connectivity index (χ0) is 29.3. The highest BCUT2D eigenvalue weighted by Gasteiger charge is 2.34. The van der Waals surface area contributed by atoms with Crippen LogP contribution in [0, 0.1) is 20.8 Å². The number of sulfonamides is 1. The number of nitrogens with one attached hydrogen (secondary N) is 1. The van der Waals surface area contributed by atoms with Crippen LogP contribution < -0.4 is 9.62 Å². The summed E-state index contributed by atoms with van der Waals surface area (Å²) in [6.45, 7) is 9.87. The molecular weight excluding hydrogens is 522 g/mol. The summed E-state index contributed by atoms with van der Waals surface area (Å²) in [6.07, 6.45) is 2.17. The molecule has 3 aromatic carbocycles. The highest BCUT2D eigenvalue weighted by atomic mass is 32.2. The summed E-state index contributed by atoms with van der Waals surface area (Å²) in [6, 6.07) is 20.7. The number of rotatable bonds is 13. The third kappa shape index (κ3) is 7.72. The van der Waals surface area contributed by atoms with Crippen LogP contribution in [0.2, 0.25) is 0 Å². The van der Waals surface area contributed by atoms with E-state index in [1.54, 1.807) is 36.4 Å². The van der Waals surface area contributed by atoms with E-state index >= 15 is 0 Å². The molecule has 40 heavy (non-hydrogen) atoms. The first-order valence-corrected chi connectivity index (χ1v) is 15.3. The molecular formula is C32H41N3O4S. The van der Waals surface area contributed by atoms with Gasteiger partial charge in [-0.3, -0.25) is 13.9 Å². The number of aryl methyl sites for hydroxylation is 3. The molecule has 0 aliphatic heterocycles. The Morgan fingerprint density at radius 2 is 1.45 bits per heavy atom. The van der Waals surface area contributed by atoms with E-state index in [1.807, 2.05) is 71.0 Å². The molecule has 1 atom stereocenters. The quantitative estimate of drug-likeness (QED) is 0.277. The molecule has 3 aromatic rings. The summed E-state index contributed by atoms with van der Waals surface area (Å²) < 4.78 is 29.1. The lowest BCUT2D eigenvalue weighted by Gasteiger charge is -2.33. The van der Waals surface area contributed by atoms with Crippen molar-refractivity contribution in [3.05, 3.63) is 95.1 Å². The van der Waals surface area contributed by atoms with Crippen molar-refractivity contribution in [1.82, 2.24) is 10.2 Å². The molecule has 2 amide bonds. The van der Waals surface area contributed by atoms with Crippen molar-refractivity contribution in [3.8, 4) is 0 Å². The second kappa shape index (κ2) is 14.1. The molecule has 0 bridgehead atoms. The molecule has 0 unspecified atom stereocenters. The zero-order valence-electron chi connectivity index (χ0n) is 24.2. The lowest BCUT2D eigenvalue weighted by molar-refractivity contribution is -0.140. The molecule has 0 radical (unpaired) electrons. The van der Waals surface area contributed by atoms with Crippen molar-refractivity contribution < 1.29 is 18.0 Å². The Morgan fingerprint density at radius 3 is 2.02 bits per heavy atom. The van der Waals surface area contributed by atoms with Crippen molar-refractivity contribution in [1.29, 1.82) is 0 Å². The van der Waals surface area contributed by atoms with E-state index in [-0.39, 0.29) is 17.3 Å². The predicted molar refractivity (Wildman–Crippen MR) is 161 cm³/mol. The molecule has 0 fully saturated rings. The summed E-state index contributed by atoms with van der Waals surface area (Å²) in [5.74, 6) is -0.683. The van der Waals surface area contributed by atoms with Gasteiger partial charge in [-0.1, -0.05) is 86.0 Å². The standard InChI is InChI=1S/C32H41N3O4S/c1-6-8-21-33-32(37)29(7-2)34(22-27-17-13-24(3)14-18-27)31(36)23-35(30-12-10-9-11-26(30)5)40(38,39)28-19-15-25(4)16-20-28/h9-20,29H,6-8,21-23H2,1-5H3,(H,33,37)/t29-/m1/s1. The van der Waals surface area contributed by atoms with Crippen molar-refractivity contribution in [2.24, 2.45) is 0 Å². The Hall–Kier alpha value is -3.65. The van der Waals surface area contributed by atoms with Gasteiger partial charge in [-0.15, -0.1) is 0 Å². The minimum atomic E-state index is -4.09. The number of hydrogen-bond acceptors (Lipinski definition) is 4. The van der Waals surface area contributed by atoms with Gasteiger partial charge in [0.15, 0.2) is 0 Å². The molecule has 0 aliphatic carbocycles. The van der Waals surface area contributed by atoms with Crippen LogP contribution in [0.3, 0.4) is 0 Å². The molecule has 3 rings (SSSR count). The van der Waals surface area contributed by atoms with Gasteiger partial charge in [0.2, 0.25) is 11.8 Å². The number of nitrogens with zero attached hydrogens (tertiary/aromatic N) is 2. The van der Waals surface area contributed by atoms with Gasteiger partial charge in [-0.25, -0.2) is 8.42 Å². The monoisotopic (exact) mass is 563 g/mol. The first kappa shape index (κ1) is 30.9. The van der Waals surface area contributed by atoms with Crippen LogP contribution in [0.5, 0.6) is 0 Å². The number of para-hydroxylation sites is 1. The van der Waals surface area contributed by atoms with Gasteiger partial charge in [0.1, 0.15) is 12.6 Å². The largest absolute Gasteiger partial charge is 0.354 e. The van der Waals surface area contributed by atoms with Crippen molar-refractivity contribution in [2.75, 3.05) is 17.4 Å². The first-order valence-electron chi connectivity index (χ1n) is 13.9. The van der Waals surface area contributed by atoms with Gasteiger partial charge < -0.3 is 10.2 Å². The fourth-order valence-electron chi connectivity index (χ4n) is 4.51. The highest BCUT2D eigenvalue weighted by molar-refractivity contribution is 7.92. The van der Waals surface area contributed by atoms with Crippen LogP contribution >= 0.6 is 0 Å². The van der Waals surface area contributed by atoms with E-state index in [9.17, 15) is 18.0 Å². The van der Waals surface area contributed by atoms with Gasteiger partial charge in [-0.2, -0.15) is 0 Å². The normalized spacial score (nSPS) is 12.0. The second-order valence-electron chi connectivity index (χ2n) is 10.2. The van der Waals surface area contributed by atoms with Gasteiger partial charge in [0.05, 0.1) is 10.6 Å². The van der Waals surface area contributed by atoms with E-state index in [1.165, 1.54) is 9.21 Å². The number of unbranched alkanes of at least 4 members (excludes halogenated alkanes) is 1. The zero-order valence-corrected chi connectivity index (χ0v) is 25.0. The number of amides is 2. The number of anilines is 1. The maximum absolute atomic E-state index is 14.1. The lowest BCUT2D eigenvalue weighted by Crippen LogP contribution is -2.52. The van der Waals surface area contributed by atoms with E-state index in [0.717, 1.165) is 35.1 Å². The number of benzene rings is 3. The molecule has 0 saturated carbocycles.